The van der Waals surface area contributed by atoms with E-state index < -0.39 is 6.10 Å². The Kier molecular flexibility index (Phi) is 4.48. The molecule has 2 aromatic carbocycles. The molecule has 0 aliphatic carbocycles. The van der Waals surface area contributed by atoms with Gasteiger partial charge in [-0.25, -0.2) is 0 Å². The molecule has 0 saturated carbocycles. The van der Waals surface area contributed by atoms with Crippen LogP contribution in [-0.4, -0.2) is 26.4 Å². The Bertz CT molecular complexity index is 558. The zero-order valence-electron chi connectivity index (χ0n) is 11.8. The summed E-state index contributed by atoms with van der Waals surface area (Å²) in [5.41, 5.74) is 1.45. The highest BCUT2D eigenvalue weighted by Gasteiger charge is 2.14. The van der Waals surface area contributed by atoms with Crippen LogP contribution in [0.3, 0.4) is 0 Å². The molecule has 4 nitrogen and oxygen atoms in total. The number of aliphatic hydroxyl groups excluding tert-OH is 1. The van der Waals surface area contributed by atoms with Gasteiger partial charge in [0.25, 0.3) is 0 Å². The summed E-state index contributed by atoms with van der Waals surface area (Å²) in [6.45, 7) is 0. The highest BCUT2D eigenvalue weighted by atomic mass is 16.5. The molecule has 106 valence electrons. The lowest BCUT2D eigenvalue weighted by Gasteiger charge is -2.15. The number of aliphatic hydroxyl groups is 1. The standard InChI is InChI=1S/C16H18O4/c1-18-13-6-4-5-11(7-13)16(17)12-8-14(19-2)10-15(9-12)20-3/h4-10,16-17H,1-3H3/t16-/m1/s1. The minimum atomic E-state index is -0.769. The molecule has 2 aromatic rings. The lowest BCUT2D eigenvalue weighted by atomic mass is 10.0. The lowest BCUT2D eigenvalue weighted by molar-refractivity contribution is 0.218. The Hall–Kier alpha value is -2.20. The molecule has 0 heterocycles. The monoisotopic (exact) mass is 274 g/mol. The van der Waals surface area contributed by atoms with Crippen LogP contribution in [0.4, 0.5) is 0 Å². The predicted octanol–water partition coefficient (Wildman–Crippen LogP) is 2.79. The van der Waals surface area contributed by atoms with E-state index in [2.05, 4.69) is 0 Å². The summed E-state index contributed by atoms with van der Waals surface area (Å²) in [4.78, 5) is 0. The zero-order chi connectivity index (χ0) is 14.5. The van der Waals surface area contributed by atoms with Crippen LogP contribution in [0.2, 0.25) is 0 Å². The van der Waals surface area contributed by atoms with Crippen molar-refractivity contribution in [3.63, 3.8) is 0 Å². The summed E-state index contributed by atoms with van der Waals surface area (Å²) >= 11 is 0. The van der Waals surface area contributed by atoms with E-state index in [0.29, 0.717) is 22.8 Å². The van der Waals surface area contributed by atoms with E-state index in [1.54, 1.807) is 45.6 Å². The Morgan fingerprint density at radius 3 is 1.85 bits per heavy atom. The van der Waals surface area contributed by atoms with E-state index >= 15 is 0 Å². The van der Waals surface area contributed by atoms with Crippen LogP contribution in [0.5, 0.6) is 17.2 Å². The zero-order valence-corrected chi connectivity index (χ0v) is 11.8. The van der Waals surface area contributed by atoms with Gasteiger partial charge in [0.15, 0.2) is 0 Å². The molecule has 0 saturated heterocycles. The predicted molar refractivity (Wildman–Crippen MR) is 76.6 cm³/mol. The molecule has 0 bridgehead atoms. The molecular formula is C16H18O4. The number of benzene rings is 2. The van der Waals surface area contributed by atoms with Gasteiger partial charge in [-0.05, 0) is 35.4 Å². The summed E-state index contributed by atoms with van der Waals surface area (Å²) in [7, 11) is 4.76. The van der Waals surface area contributed by atoms with Crippen LogP contribution in [0.25, 0.3) is 0 Å². The summed E-state index contributed by atoms with van der Waals surface area (Å²) in [6, 6.07) is 12.7. The van der Waals surface area contributed by atoms with Gasteiger partial charge in [-0.2, -0.15) is 0 Å². The molecule has 1 atom stereocenters. The van der Waals surface area contributed by atoms with Gasteiger partial charge in [0.1, 0.15) is 23.4 Å². The number of hydrogen-bond donors (Lipinski definition) is 1. The molecule has 0 unspecified atom stereocenters. The molecule has 0 fully saturated rings. The van der Waals surface area contributed by atoms with Gasteiger partial charge in [-0.15, -0.1) is 0 Å². The first kappa shape index (κ1) is 14.2. The van der Waals surface area contributed by atoms with E-state index in [9.17, 15) is 5.11 Å². The fraction of sp³-hybridized carbons (Fsp3) is 0.250. The van der Waals surface area contributed by atoms with Crippen molar-refractivity contribution >= 4 is 0 Å². The first-order valence-corrected chi connectivity index (χ1v) is 6.23. The first-order chi connectivity index (χ1) is 9.67. The summed E-state index contributed by atoms with van der Waals surface area (Å²) in [5.74, 6) is 1.99. The Balaban J connectivity index is 2.38. The Morgan fingerprint density at radius 2 is 1.30 bits per heavy atom. The van der Waals surface area contributed by atoms with Gasteiger partial charge >= 0.3 is 0 Å². The highest BCUT2D eigenvalue weighted by Crippen LogP contribution is 2.31. The van der Waals surface area contributed by atoms with Crippen molar-refractivity contribution in [3.8, 4) is 17.2 Å². The van der Waals surface area contributed by atoms with Crippen molar-refractivity contribution < 1.29 is 19.3 Å². The molecule has 4 heteroatoms. The van der Waals surface area contributed by atoms with Gasteiger partial charge in [0.05, 0.1) is 21.3 Å². The second-order valence-corrected chi connectivity index (χ2v) is 4.33. The molecule has 0 aromatic heterocycles. The van der Waals surface area contributed by atoms with Crippen molar-refractivity contribution in [1.29, 1.82) is 0 Å². The third kappa shape index (κ3) is 3.03. The Labute approximate surface area is 118 Å². The molecule has 20 heavy (non-hydrogen) atoms. The van der Waals surface area contributed by atoms with E-state index in [4.69, 9.17) is 14.2 Å². The van der Waals surface area contributed by atoms with Crippen LogP contribution in [0.15, 0.2) is 42.5 Å². The van der Waals surface area contributed by atoms with Crippen LogP contribution >= 0.6 is 0 Å². The van der Waals surface area contributed by atoms with Crippen LogP contribution in [0, 0.1) is 0 Å². The summed E-state index contributed by atoms with van der Waals surface area (Å²) < 4.78 is 15.6. The van der Waals surface area contributed by atoms with E-state index in [1.807, 2.05) is 18.2 Å². The van der Waals surface area contributed by atoms with Crippen molar-refractivity contribution in [1.82, 2.24) is 0 Å². The summed E-state index contributed by atoms with van der Waals surface area (Å²) in [6.07, 6.45) is -0.769. The number of hydrogen-bond acceptors (Lipinski definition) is 4. The SMILES string of the molecule is COc1cccc([C@@H](O)c2cc(OC)cc(OC)c2)c1. The van der Waals surface area contributed by atoms with Crippen molar-refractivity contribution in [2.75, 3.05) is 21.3 Å². The topological polar surface area (TPSA) is 47.9 Å². The maximum Gasteiger partial charge on any atom is 0.122 e. The fourth-order valence-electron chi connectivity index (χ4n) is 1.99. The lowest BCUT2D eigenvalue weighted by Crippen LogP contribution is -2.01. The average Bonchev–Trinajstić information content (AvgIpc) is 2.53. The maximum atomic E-state index is 10.5. The third-order valence-corrected chi connectivity index (χ3v) is 3.10. The van der Waals surface area contributed by atoms with Crippen LogP contribution in [0.1, 0.15) is 17.2 Å². The maximum absolute atomic E-state index is 10.5. The normalized spacial score (nSPS) is 11.8. The van der Waals surface area contributed by atoms with Crippen molar-refractivity contribution in [2.45, 2.75) is 6.10 Å². The van der Waals surface area contributed by atoms with Gasteiger partial charge in [-0.1, -0.05) is 12.1 Å². The first-order valence-electron chi connectivity index (χ1n) is 6.23. The van der Waals surface area contributed by atoms with Crippen molar-refractivity contribution in [2.24, 2.45) is 0 Å². The van der Waals surface area contributed by atoms with Gasteiger partial charge in [0, 0.05) is 6.07 Å². The number of methoxy groups -OCH3 is 3. The van der Waals surface area contributed by atoms with E-state index in [1.165, 1.54) is 0 Å². The Morgan fingerprint density at radius 1 is 0.750 bits per heavy atom. The average molecular weight is 274 g/mol. The van der Waals surface area contributed by atoms with Gasteiger partial charge in [0.2, 0.25) is 0 Å². The molecule has 0 aliphatic rings. The van der Waals surface area contributed by atoms with Crippen molar-refractivity contribution in [3.05, 3.63) is 53.6 Å². The second-order valence-electron chi connectivity index (χ2n) is 4.33. The fourth-order valence-corrected chi connectivity index (χ4v) is 1.99. The molecule has 2 rings (SSSR count). The van der Waals surface area contributed by atoms with Gasteiger partial charge < -0.3 is 19.3 Å². The number of rotatable bonds is 5. The molecule has 0 amide bonds. The third-order valence-electron chi connectivity index (χ3n) is 3.10. The molecule has 0 radical (unpaired) electrons. The smallest absolute Gasteiger partial charge is 0.122 e. The minimum absolute atomic E-state index is 0.640. The van der Waals surface area contributed by atoms with Gasteiger partial charge in [-0.3, -0.25) is 0 Å². The summed E-state index contributed by atoms with van der Waals surface area (Å²) in [5, 5.41) is 10.5. The largest absolute Gasteiger partial charge is 0.497 e. The second kappa shape index (κ2) is 6.30. The number of ether oxygens (including phenoxy) is 3. The quantitative estimate of drug-likeness (QED) is 0.910. The minimum Gasteiger partial charge on any atom is -0.497 e. The molecule has 1 N–H and O–H groups in total. The van der Waals surface area contributed by atoms with Crippen LogP contribution < -0.4 is 14.2 Å². The highest BCUT2D eigenvalue weighted by molar-refractivity contribution is 5.43. The van der Waals surface area contributed by atoms with E-state index in [-0.39, 0.29) is 0 Å². The molecular weight excluding hydrogens is 256 g/mol. The van der Waals surface area contributed by atoms with Crippen LogP contribution in [-0.2, 0) is 0 Å². The molecule has 0 spiro atoms. The van der Waals surface area contributed by atoms with E-state index in [0.717, 1.165) is 5.56 Å². The molecule has 0 aliphatic heterocycles.